The number of hydrogen-bond donors (Lipinski definition) is 2. The van der Waals surface area contributed by atoms with Crippen LogP contribution in [0.5, 0.6) is 0 Å². The van der Waals surface area contributed by atoms with Crippen LogP contribution in [-0.2, 0) is 0 Å². The van der Waals surface area contributed by atoms with Gasteiger partial charge in [0.25, 0.3) is 5.69 Å². The Labute approximate surface area is 131 Å². The van der Waals surface area contributed by atoms with Crippen LogP contribution in [0, 0.1) is 32.8 Å². The lowest BCUT2D eigenvalue weighted by atomic mass is 10.1. The van der Waals surface area contributed by atoms with Gasteiger partial charge in [-0.3, -0.25) is 10.1 Å². The standard InChI is InChI=1S/C11H5BrN8O2/c12-9-2-8(20(21)22)1-6(3-13)10(9)15-5-7(4-14)11-16-18-19-17-11/h1-2,5,15H,(H,16,17,18,19). The van der Waals surface area contributed by atoms with Gasteiger partial charge >= 0.3 is 0 Å². The fourth-order valence-electron chi connectivity index (χ4n) is 1.50. The van der Waals surface area contributed by atoms with E-state index < -0.39 is 4.92 Å². The molecule has 0 bridgehead atoms. The lowest BCUT2D eigenvalue weighted by Gasteiger charge is -2.06. The fourth-order valence-corrected chi connectivity index (χ4v) is 2.06. The second kappa shape index (κ2) is 6.43. The first-order valence-corrected chi connectivity index (χ1v) is 6.34. The number of H-pyrrole nitrogens is 1. The van der Waals surface area contributed by atoms with Crippen molar-refractivity contribution in [1.82, 2.24) is 20.6 Å². The van der Waals surface area contributed by atoms with E-state index in [-0.39, 0.29) is 28.3 Å². The van der Waals surface area contributed by atoms with Gasteiger partial charge in [-0.15, -0.1) is 10.2 Å². The van der Waals surface area contributed by atoms with Gasteiger partial charge in [0.1, 0.15) is 17.7 Å². The minimum absolute atomic E-state index is 0.0442. The second-order valence-electron chi connectivity index (χ2n) is 3.77. The summed E-state index contributed by atoms with van der Waals surface area (Å²) < 4.78 is 0.305. The van der Waals surface area contributed by atoms with Crippen LogP contribution in [0.25, 0.3) is 5.57 Å². The smallest absolute Gasteiger partial charge is 0.272 e. The van der Waals surface area contributed by atoms with Crippen molar-refractivity contribution >= 4 is 32.9 Å². The number of nitrogens with one attached hydrogen (secondary N) is 2. The van der Waals surface area contributed by atoms with E-state index in [0.29, 0.717) is 4.47 Å². The van der Waals surface area contributed by atoms with Crippen LogP contribution in [-0.4, -0.2) is 25.5 Å². The summed E-state index contributed by atoms with van der Waals surface area (Å²) in [4.78, 5) is 10.2. The summed E-state index contributed by atoms with van der Waals surface area (Å²) in [6.07, 6.45) is 1.28. The van der Waals surface area contributed by atoms with Crippen molar-refractivity contribution in [1.29, 1.82) is 10.5 Å². The van der Waals surface area contributed by atoms with E-state index >= 15 is 0 Å². The maximum Gasteiger partial charge on any atom is 0.272 e. The molecule has 0 saturated carbocycles. The first-order chi connectivity index (χ1) is 10.6. The van der Waals surface area contributed by atoms with E-state index in [4.69, 9.17) is 10.5 Å². The average molecular weight is 361 g/mol. The number of nitro groups is 1. The highest BCUT2D eigenvalue weighted by Gasteiger charge is 2.15. The normalized spacial score (nSPS) is 10.6. The number of non-ortho nitro benzene ring substituents is 1. The predicted octanol–water partition coefficient (Wildman–Crippen LogP) is 1.72. The Kier molecular flexibility index (Phi) is 4.41. The topological polar surface area (TPSA) is 157 Å². The molecule has 0 aliphatic rings. The van der Waals surface area contributed by atoms with Crippen LogP contribution in [0.2, 0.25) is 0 Å². The van der Waals surface area contributed by atoms with Crippen LogP contribution in [0.3, 0.4) is 0 Å². The highest BCUT2D eigenvalue weighted by atomic mass is 79.9. The maximum atomic E-state index is 10.8. The van der Waals surface area contributed by atoms with Crippen molar-refractivity contribution in [2.24, 2.45) is 0 Å². The molecule has 1 aromatic heterocycles. The van der Waals surface area contributed by atoms with Gasteiger partial charge in [0.15, 0.2) is 0 Å². The fraction of sp³-hybridized carbons (Fsp3) is 0. The van der Waals surface area contributed by atoms with Gasteiger partial charge in [-0.2, -0.15) is 15.7 Å². The molecule has 0 radical (unpaired) electrons. The van der Waals surface area contributed by atoms with Crippen LogP contribution >= 0.6 is 15.9 Å². The zero-order valence-electron chi connectivity index (χ0n) is 10.6. The third-order valence-corrected chi connectivity index (χ3v) is 3.10. The van der Waals surface area contributed by atoms with Crippen molar-refractivity contribution in [3.05, 3.63) is 44.3 Å². The summed E-state index contributed by atoms with van der Waals surface area (Å²) in [5, 5.41) is 44.5. The van der Waals surface area contributed by atoms with Crippen molar-refractivity contribution in [3.8, 4) is 12.1 Å². The molecule has 1 heterocycles. The van der Waals surface area contributed by atoms with Crippen molar-refractivity contribution < 1.29 is 4.92 Å². The van der Waals surface area contributed by atoms with Gasteiger partial charge in [-0.25, -0.2) is 0 Å². The summed E-state index contributed by atoms with van der Waals surface area (Å²) >= 11 is 3.15. The number of aromatic amines is 1. The Hall–Kier alpha value is -3.31. The number of tetrazole rings is 1. The second-order valence-corrected chi connectivity index (χ2v) is 4.62. The highest BCUT2D eigenvalue weighted by Crippen LogP contribution is 2.31. The van der Waals surface area contributed by atoms with Crippen LogP contribution in [0.4, 0.5) is 11.4 Å². The summed E-state index contributed by atoms with van der Waals surface area (Å²) in [6.45, 7) is 0. The van der Waals surface area contributed by atoms with Crippen LogP contribution < -0.4 is 5.32 Å². The first kappa shape index (κ1) is 15.1. The highest BCUT2D eigenvalue weighted by molar-refractivity contribution is 9.10. The number of allylic oxidation sites excluding steroid dienone is 1. The molecular weight excluding hydrogens is 356 g/mol. The molecule has 1 aromatic carbocycles. The van der Waals surface area contributed by atoms with Crippen molar-refractivity contribution in [3.63, 3.8) is 0 Å². The van der Waals surface area contributed by atoms with Gasteiger partial charge < -0.3 is 5.32 Å². The third-order valence-electron chi connectivity index (χ3n) is 2.47. The number of benzene rings is 1. The van der Waals surface area contributed by atoms with Gasteiger partial charge in [0, 0.05) is 22.8 Å². The van der Waals surface area contributed by atoms with Crippen LogP contribution in [0.15, 0.2) is 22.8 Å². The van der Waals surface area contributed by atoms with Gasteiger partial charge in [-0.05, 0) is 21.1 Å². The van der Waals surface area contributed by atoms with E-state index in [9.17, 15) is 10.1 Å². The zero-order valence-corrected chi connectivity index (χ0v) is 12.2. The molecule has 0 saturated heterocycles. The van der Waals surface area contributed by atoms with Gasteiger partial charge in [0.05, 0.1) is 16.2 Å². The minimum Gasteiger partial charge on any atom is -0.358 e. The molecule has 10 nitrogen and oxygen atoms in total. The predicted molar refractivity (Wildman–Crippen MR) is 76.9 cm³/mol. The lowest BCUT2D eigenvalue weighted by molar-refractivity contribution is -0.384. The Balaban J connectivity index is 2.40. The Bertz CT molecular complexity index is 831. The monoisotopic (exact) mass is 360 g/mol. The number of halogens is 1. The van der Waals surface area contributed by atoms with E-state index in [2.05, 4.69) is 41.9 Å². The summed E-state index contributed by atoms with van der Waals surface area (Å²) in [7, 11) is 0. The van der Waals surface area contributed by atoms with Gasteiger partial charge in [0.2, 0.25) is 5.82 Å². The van der Waals surface area contributed by atoms with Crippen LogP contribution in [0.1, 0.15) is 11.4 Å². The molecule has 2 N–H and O–H groups in total. The van der Waals surface area contributed by atoms with Gasteiger partial charge in [-0.1, -0.05) is 0 Å². The summed E-state index contributed by atoms with van der Waals surface area (Å²) in [6, 6.07) is 6.09. The van der Waals surface area contributed by atoms with E-state index in [0.717, 1.165) is 6.07 Å². The molecule has 2 rings (SSSR count). The molecule has 108 valence electrons. The molecule has 0 unspecified atom stereocenters. The number of nitriles is 2. The summed E-state index contributed by atoms with van der Waals surface area (Å²) in [5.41, 5.74) is 0.173. The molecule has 11 heteroatoms. The average Bonchev–Trinajstić information content (AvgIpc) is 3.02. The minimum atomic E-state index is -0.606. The van der Waals surface area contributed by atoms with E-state index in [1.165, 1.54) is 12.3 Å². The Morgan fingerprint density at radius 1 is 1.50 bits per heavy atom. The largest absolute Gasteiger partial charge is 0.358 e. The van der Waals surface area contributed by atoms with Crippen molar-refractivity contribution in [2.75, 3.05) is 5.32 Å². The molecule has 0 aliphatic carbocycles. The number of hydrogen-bond acceptors (Lipinski definition) is 8. The van der Waals surface area contributed by atoms with E-state index in [1.54, 1.807) is 0 Å². The molecule has 0 fully saturated rings. The Morgan fingerprint density at radius 3 is 2.82 bits per heavy atom. The van der Waals surface area contributed by atoms with E-state index in [1.807, 2.05) is 12.1 Å². The number of nitro benzene ring substituents is 1. The molecule has 0 spiro atoms. The number of rotatable bonds is 4. The molecule has 0 aliphatic heterocycles. The first-order valence-electron chi connectivity index (χ1n) is 5.55. The number of aromatic nitrogens is 4. The molecule has 0 amide bonds. The quantitative estimate of drug-likeness (QED) is 0.473. The summed E-state index contributed by atoms with van der Waals surface area (Å²) in [5.74, 6) is 0.0755. The molecule has 22 heavy (non-hydrogen) atoms. The molecule has 2 aromatic rings. The third kappa shape index (κ3) is 3.05. The lowest BCUT2D eigenvalue weighted by Crippen LogP contribution is -1.98. The SMILES string of the molecule is N#CC(=CNc1c(Br)cc([N+](=O)[O-])cc1C#N)c1nn[nH]n1. The Morgan fingerprint density at radius 2 is 2.27 bits per heavy atom. The maximum absolute atomic E-state index is 10.8. The molecule has 0 atom stereocenters. The number of anilines is 1. The zero-order chi connectivity index (χ0) is 16.1. The molecular formula is C11H5BrN8O2. The number of nitrogens with zero attached hydrogens (tertiary/aromatic N) is 6. The van der Waals surface area contributed by atoms with Crippen molar-refractivity contribution in [2.45, 2.75) is 0 Å².